The first kappa shape index (κ1) is 13.3. The lowest BCUT2D eigenvalue weighted by molar-refractivity contribution is 0.0524. The number of pyridine rings is 1. The van der Waals surface area contributed by atoms with Crippen LogP contribution < -0.4 is 0 Å². The van der Waals surface area contributed by atoms with Gasteiger partial charge in [0.2, 0.25) is 0 Å². The van der Waals surface area contributed by atoms with Gasteiger partial charge in [0.25, 0.3) is 0 Å². The van der Waals surface area contributed by atoms with Gasteiger partial charge >= 0.3 is 5.97 Å². The molecule has 0 bridgehead atoms. The zero-order valence-corrected chi connectivity index (χ0v) is 11.4. The molecule has 18 heavy (non-hydrogen) atoms. The number of aromatic nitrogens is 1. The van der Waals surface area contributed by atoms with Crippen molar-refractivity contribution < 1.29 is 9.53 Å². The van der Waals surface area contributed by atoms with E-state index in [-0.39, 0.29) is 11.8 Å². The van der Waals surface area contributed by atoms with Gasteiger partial charge in [0.1, 0.15) is 0 Å². The lowest BCUT2D eigenvalue weighted by Crippen LogP contribution is -2.12. The van der Waals surface area contributed by atoms with Crippen LogP contribution in [0, 0.1) is 0 Å². The standard InChI is InChI=1S/C14H18ClNO2/c1-2-18-14(17)11-8-10-6-4-3-5-7-12(10)16-13(11)9-15/h8H,2-7,9H2,1H3. The van der Waals surface area contributed by atoms with Crippen molar-refractivity contribution >= 4 is 17.6 Å². The van der Waals surface area contributed by atoms with E-state index in [1.54, 1.807) is 6.92 Å². The first-order valence-electron chi connectivity index (χ1n) is 6.51. The molecule has 1 heterocycles. The molecule has 0 aliphatic heterocycles. The van der Waals surface area contributed by atoms with Crippen LogP contribution in [0.5, 0.6) is 0 Å². The monoisotopic (exact) mass is 267 g/mol. The average molecular weight is 268 g/mol. The normalized spacial score (nSPS) is 14.8. The first-order valence-corrected chi connectivity index (χ1v) is 7.04. The van der Waals surface area contributed by atoms with Gasteiger partial charge in [-0.25, -0.2) is 4.79 Å². The summed E-state index contributed by atoms with van der Waals surface area (Å²) in [6, 6.07) is 1.93. The van der Waals surface area contributed by atoms with Gasteiger partial charge < -0.3 is 4.74 Å². The lowest BCUT2D eigenvalue weighted by Gasteiger charge is -2.11. The van der Waals surface area contributed by atoms with Crippen molar-refractivity contribution in [2.75, 3.05) is 6.61 Å². The van der Waals surface area contributed by atoms with Crippen LogP contribution in [0.25, 0.3) is 0 Å². The second-order valence-corrected chi connectivity index (χ2v) is 4.77. The third kappa shape index (κ3) is 2.83. The summed E-state index contributed by atoms with van der Waals surface area (Å²) in [6.07, 6.45) is 5.54. The number of nitrogens with zero attached hydrogens (tertiary/aromatic N) is 1. The maximum absolute atomic E-state index is 11.9. The molecule has 0 atom stereocenters. The van der Waals surface area contributed by atoms with Crippen molar-refractivity contribution in [2.24, 2.45) is 0 Å². The SMILES string of the molecule is CCOC(=O)c1cc2c(nc1CCl)CCCCC2. The Balaban J connectivity index is 2.39. The number of hydrogen-bond donors (Lipinski definition) is 0. The molecule has 0 saturated carbocycles. The Kier molecular flexibility index (Phi) is 4.59. The second-order valence-electron chi connectivity index (χ2n) is 4.50. The Labute approximate surface area is 113 Å². The fraction of sp³-hybridized carbons (Fsp3) is 0.571. The molecule has 1 aliphatic carbocycles. The summed E-state index contributed by atoms with van der Waals surface area (Å²) in [5, 5.41) is 0. The topological polar surface area (TPSA) is 39.2 Å². The van der Waals surface area contributed by atoms with E-state index in [1.165, 1.54) is 18.4 Å². The predicted octanol–water partition coefficient (Wildman–Crippen LogP) is 3.27. The van der Waals surface area contributed by atoms with Crippen molar-refractivity contribution in [3.05, 3.63) is 28.6 Å². The van der Waals surface area contributed by atoms with Crippen LogP contribution >= 0.6 is 11.6 Å². The zero-order chi connectivity index (χ0) is 13.0. The molecular weight excluding hydrogens is 250 g/mol. The van der Waals surface area contributed by atoms with Crippen molar-refractivity contribution in [3.8, 4) is 0 Å². The third-order valence-corrected chi connectivity index (χ3v) is 3.50. The van der Waals surface area contributed by atoms with Crippen molar-refractivity contribution in [3.63, 3.8) is 0 Å². The van der Waals surface area contributed by atoms with Crippen LogP contribution in [0.1, 0.15) is 53.5 Å². The molecule has 98 valence electrons. The van der Waals surface area contributed by atoms with E-state index in [1.807, 2.05) is 6.07 Å². The van der Waals surface area contributed by atoms with E-state index in [0.29, 0.717) is 17.9 Å². The van der Waals surface area contributed by atoms with Gasteiger partial charge in [-0.1, -0.05) is 6.42 Å². The van der Waals surface area contributed by atoms with Gasteiger partial charge in [-0.3, -0.25) is 4.98 Å². The largest absolute Gasteiger partial charge is 0.462 e. The molecule has 4 heteroatoms. The minimum atomic E-state index is -0.312. The third-order valence-electron chi connectivity index (χ3n) is 3.25. The Morgan fingerprint density at radius 2 is 2.17 bits per heavy atom. The second kappa shape index (κ2) is 6.19. The van der Waals surface area contributed by atoms with Gasteiger partial charge in [0.15, 0.2) is 0 Å². The summed E-state index contributed by atoms with van der Waals surface area (Å²) in [5.41, 5.74) is 3.48. The number of halogens is 1. The smallest absolute Gasteiger partial charge is 0.340 e. The molecule has 0 radical (unpaired) electrons. The van der Waals surface area contributed by atoms with E-state index in [2.05, 4.69) is 4.98 Å². The lowest BCUT2D eigenvalue weighted by atomic mass is 10.0. The van der Waals surface area contributed by atoms with Gasteiger partial charge in [-0.2, -0.15) is 0 Å². The Bertz CT molecular complexity index is 446. The van der Waals surface area contributed by atoms with Crippen LogP contribution in [0.2, 0.25) is 0 Å². The molecule has 0 amide bonds. The summed E-state index contributed by atoms with van der Waals surface area (Å²) >= 11 is 5.89. The summed E-state index contributed by atoms with van der Waals surface area (Å²) < 4.78 is 5.06. The van der Waals surface area contributed by atoms with E-state index in [9.17, 15) is 4.79 Å². The number of esters is 1. The summed E-state index contributed by atoms with van der Waals surface area (Å²) in [5.74, 6) is -0.0609. The summed E-state index contributed by atoms with van der Waals surface area (Å²) in [4.78, 5) is 16.4. The van der Waals surface area contributed by atoms with Crippen LogP contribution in [0.3, 0.4) is 0 Å². The van der Waals surface area contributed by atoms with E-state index < -0.39 is 0 Å². The highest BCUT2D eigenvalue weighted by atomic mass is 35.5. The zero-order valence-electron chi connectivity index (χ0n) is 10.7. The van der Waals surface area contributed by atoms with Crippen molar-refractivity contribution in [2.45, 2.75) is 44.9 Å². The molecule has 2 rings (SSSR count). The highest BCUT2D eigenvalue weighted by molar-refractivity contribution is 6.17. The number of carbonyl (C=O) groups is 1. The van der Waals surface area contributed by atoms with E-state index in [4.69, 9.17) is 16.3 Å². The molecule has 0 saturated heterocycles. The quantitative estimate of drug-likeness (QED) is 0.479. The van der Waals surface area contributed by atoms with Gasteiger partial charge in [-0.05, 0) is 44.2 Å². The van der Waals surface area contributed by atoms with E-state index >= 15 is 0 Å². The number of fused-ring (bicyclic) bond motifs is 1. The fourth-order valence-electron chi connectivity index (χ4n) is 2.34. The number of hydrogen-bond acceptors (Lipinski definition) is 3. The average Bonchev–Trinajstić information content (AvgIpc) is 2.61. The van der Waals surface area contributed by atoms with Gasteiger partial charge in [0, 0.05) is 5.69 Å². The molecule has 0 N–H and O–H groups in total. The minimum absolute atomic E-state index is 0.251. The number of rotatable bonds is 3. The fourth-order valence-corrected chi connectivity index (χ4v) is 2.54. The molecule has 0 spiro atoms. The molecule has 1 aromatic rings. The molecule has 1 aromatic heterocycles. The summed E-state index contributed by atoms with van der Waals surface area (Å²) in [6.45, 7) is 2.17. The molecule has 0 unspecified atom stereocenters. The van der Waals surface area contributed by atoms with Gasteiger partial charge in [0.05, 0.1) is 23.7 Å². The minimum Gasteiger partial charge on any atom is -0.462 e. The highest BCUT2D eigenvalue weighted by Gasteiger charge is 2.18. The number of aryl methyl sites for hydroxylation is 2. The van der Waals surface area contributed by atoms with Crippen LogP contribution in [-0.2, 0) is 23.5 Å². The number of ether oxygens (including phenoxy) is 1. The Hall–Kier alpha value is -1.09. The van der Waals surface area contributed by atoms with Crippen LogP contribution in [0.15, 0.2) is 6.07 Å². The van der Waals surface area contributed by atoms with Crippen molar-refractivity contribution in [1.82, 2.24) is 4.98 Å². The maximum atomic E-state index is 11.9. The van der Waals surface area contributed by atoms with E-state index in [0.717, 1.165) is 25.0 Å². The highest BCUT2D eigenvalue weighted by Crippen LogP contribution is 2.23. The number of carbonyl (C=O) groups excluding carboxylic acids is 1. The molecule has 0 aromatic carbocycles. The molecule has 0 fully saturated rings. The Morgan fingerprint density at radius 3 is 2.89 bits per heavy atom. The van der Waals surface area contributed by atoms with Crippen LogP contribution in [-0.4, -0.2) is 17.6 Å². The summed E-state index contributed by atoms with van der Waals surface area (Å²) in [7, 11) is 0. The molecule has 3 nitrogen and oxygen atoms in total. The van der Waals surface area contributed by atoms with Gasteiger partial charge in [-0.15, -0.1) is 11.6 Å². The van der Waals surface area contributed by atoms with Crippen molar-refractivity contribution in [1.29, 1.82) is 0 Å². The molecule has 1 aliphatic rings. The van der Waals surface area contributed by atoms with Crippen LogP contribution in [0.4, 0.5) is 0 Å². The molecular formula is C14H18ClNO2. The maximum Gasteiger partial charge on any atom is 0.340 e. The Morgan fingerprint density at radius 1 is 1.39 bits per heavy atom. The predicted molar refractivity (Wildman–Crippen MR) is 71.0 cm³/mol. The number of alkyl halides is 1. The first-order chi connectivity index (χ1) is 8.76.